The Balaban J connectivity index is 1.47. The Hall–Kier alpha value is -2.40. The van der Waals surface area contributed by atoms with Crippen molar-refractivity contribution in [2.24, 2.45) is 11.1 Å². The topological polar surface area (TPSA) is 41.9 Å². The Kier molecular flexibility index (Phi) is 6.14. The van der Waals surface area contributed by atoms with Crippen LogP contribution in [0.3, 0.4) is 0 Å². The fourth-order valence-corrected chi connectivity index (χ4v) is 4.36. The van der Waals surface area contributed by atoms with Gasteiger partial charge in [0.15, 0.2) is 6.10 Å². The molecule has 1 heterocycles. The molecular formula is C23H24ClFN2O2. The van der Waals surface area contributed by atoms with Crippen molar-refractivity contribution in [1.29, 1.82) is 0 Å². The molecule has 0 spiro atoms. The van der Waals surface area contributed by atoms with Crippen molar-refractivity contribution >= 4 is 23.2 Å². The zero-order valence-corrected chi connectivity index (χ0v) is 16.9. The Morgan fingerprint density at radius 1 is 1.17 bits per heavy atom. The van der Waals surface area contributed by atoms with E-state index >= 15 is 0 Å². The first-order valence-corrected chi connectivity index (χ1v) is 10.5. The van der Waals surface area contributed by atoms with Crippen LogP contribution in [0.15, 0.2) is 53.7 Å². The summed E-state index contributed by atoms with van der Waals surface area (Å²) in [7, 11) is 0. The molecule has 4 nitrogen and oxygen atoms in total. The molecule has 1 saturated carbocycles. The monoisotopic (exact) mass is 414 g/mol. The van der Waals surface area contributed by atoms with Crippen LogP contribution in [0.4, 0.5) is 4.39 Å². The number of amides is 1. The number of benzene rings is 2. The van der Waals surface area contributed by atoms with Gasteiger partial charge >= 0.3 is 0 Å². The Morgan fingerprint density at radius 3 is 2.72 bits per heavy atom. The highest BCUT2D eigenvalue weighted by molar-refractivity contribution is 6.30. The van der Waals surface area contributed by atoms with Crippen LogP contribution in [0.5, 0.6) is 0 Å². The summed E-state index contributed by atoms with van der Waals surface area (Å²) in [6.45, 7) is 0.897. The van der Waals surface area contributed by atoms with Crippen LogP contribution in [-0.4, -0.2) is 29.2 Å². The van der Waals surface area contributed by atoms with E-state index in [0.29, 0.717) is 35.8 Å². The summed E-state index contributed by atoms with van der Waals surface area (Å²) < 4.78 is 14.1. The van der Waals surface area contributed by atoms with Crippen LogP contribution >= 0.6 is 11.6 Å². The highest BCUT2D eigenvalue weighted by Gasteiger charge is 2.32. The van der Waals surface area contributed by atoms with Gasteiger partial charge in [-0.05, 0) is 36.6 Å². The first kappa shape index (κ1) is 19.9. The molecule has 1 fully saturated rings. The molecule has 29 heavy (non-hydrogen) atoms. The maximum absolute atomic E-state index is 14.1. The van der Waals surface area contributed by atoms with Crippen LogP contribution in [-0.2, 0) is 16.2 Å². The predicted molar refractivity (Wildman–Crippen MR) is 111 cm³/mol. The largest absolute Gasteiger partial charge is 0.390 e. The molecule has 6 heteroatoms. The molecule has 2 aromatic rings. The molecule has 0 radical (unpaired) electrons. The van der Waals surface area contributed by atoms with Gasteiger partial charge in [-0.15, -0.1) is 0 Å². The van der Waals surface area contributed by atoms with Gasteiger partial charge in [0.05, 0.1) is 12.3 Å². The lowest BCUT2D eigenvalue weighted by Crippen LogP contribution is -2.40. The maximum atomic E-state index is 14.1. The molecule has 0 bridgehead atoms. The molecule has 1 atom stereocenters. The number of halogens is 2. The van der Waals surface area contributed by atoms with E-state index in [1.807, 2.05) is 29.2 Å². The van der Waals surface area contributed by atoms with Crippen LogP contribution in [0.25, 0.3) is 0 Å². The second-order valence-corrected chi connectivity index (χ2v) is 8.22. The van der Waals surface area contributed by atoms with Crippen molar-refractivity contribution in [2.75, 3.05) is 6.54 Å². The Labute approximate surface area is 175 Å². The SMILES string of the molecule is O=C(C1CCCC1)N(Cc1cccc(Cl)c1)C[C@@H]1CC(c2ccccc2F)=NO1. The average Bonchev–Trinajstić information content (AvgIpc) is 3.40. The number of oxime groups is 1. The zero-order chi connectivity index (χ0) is 20.2. The number of nitrogens with zero attached hydrogens (tertiary/aromatic N) is 2. The van der Waals surface area contributed by atoms with Crippen LogP contribution < -0.4 is 0 Å². The fraction of sp³-hybridized carbons (Fsp3) is 0.391. The van der Waals surface area contributed by atoms with Crippen LogP contribution in [0.1, 0.15) is 43.2 Å². The van der Waals surface area contributed by atoms with Gasteiger partial charge < -0.3 is 9.74 Å². The van der Waals surface area contributed by atoms with Crippen molar-refractivity contribution in [1.82, 2.24) is 4.90 Å². The second-order valence-electron chi connectivity index (χ2n) is 7.78. The van der Waals surface area contributed by atoms with E-state index in [1.54, 1.807) is 18.2 Å². The number of rotatable bonds is 6. The van der Waals surface area contributed by atoms with E-state index in [-0.39, 0.29) is 23.7 Å². The standard InChI is InChI=1S/C23H24ClFN2O2/c24-18-9-5-6-16(12-18)14-27(23(28)17-7-1-2-8-17)15-19-13-22(26-29-19)20-10-3-4-11-21(20)25/h3-6,9-12,17,19H,1-2,7-8,13-15H2/t19-/m0/s1. The summed E-state index contributed by atoms with van der Waals surface area (Å²) in [6.07, 6.45) is 4.27. The van der Waals surface area contributed by atoms with E-state index in [1.165, 1.54) is 6.07 Å². The van der Waals surface area contributed by atoms with Crippen LogP contribution in [0.2, 0.25) is 5.02 Å². The minimum Gasteiger partial charge on any atom is -0.390 e. The molecule has 0 saturated heterocycles. The molecule has 152 valence electrons. The van der Waals surface area contributed by atoms with Gasteiger partial charge in [0.2, 0.25) is 5.91 Å². The molecule has 2 aliphatic rings. The third-order valence-electron chi connectivity index (χ3n) is 5.62. The van der Waals surface area contributed by atoms with Gasteiger partial charge in [-0.2, -0.15) is 0 Å². The molecule has 0 aromatic heterocycles. The lowest BCUT2D eigenvalue weighted by Gasteiger charge is -2.27. The van der Waals surface area contributed by atoms with E-state index < -0.39 is 0 Å². The molecule has 1 aliphatic carbocycles. The number of hydrogen-bond donors (Lipinski definition) is 0. The van der Waals surface area contributed by atoms with E-state index in [2.05, 4.69) is 5.16 Å². The van der Waals surface area contributed by atoms with Crippen LogP contribution in [0, 0.1) is 11.7 Å². The third-order valence-corrected chi connectivity index (χ3v) is 5.86. The third kappa shape index (κ3) is 4.78. The normalized spacial score (nSPS) is 19.1. The number of hydrogen-bond acceptors (Lipinski definition) is 3. The summed E-state index contributed by atoms with van der Waals surface area (Å²) in [5.74, 6) is -0.0822. The van der Waals surface area contributed by atoms with Crippen molar-refractivity contribution in [2.45, 2.75) is 44.8 Å². The first-order valence-electron chi connectivity index (χ1n) is 10.1. The molecule has 4 rings (SSSR count). The highest BCUT2D eigenvalue weighted by Crippen LogP contribution is 2.28. The molecule has 0 unspecified atom stereocenters. The summed E-state index contributed by atoms with van der Waals surface area (Å²) in [6, 6.07) is 14.1. The maximum Gasteiger partial charge on any atom is 0.226 e. The quantitative estimate of drug-likeness (QED) is 0.652. The summed E-state index contributed by atoms with van der Waals surface area (Å²) in [5.41, 5.74) is 2.03. The van der Waals surface area contributed by atoms with E-state index in [4.69, 9.17) is 16.4 Å². The molecule has 2 aromatic carbocycles. The van der Waals surface area contributed by atoms with Gasteiger partial charge in [0.1, 0.15) is 5.82 Å². The zero-order valence-electron chi connectivity index (χ0n) is 16.2. The van der Waals surface area contributed by atoms with Gasteiger partial charge in [-0.1, -0.05) is 59.9 Å². The fourth-order valence-electron chi connectivity index (χ4n) is 4.15. The molecule has 1 amide bonds. The van der Waals surface area contributed by atoms with Gasteiger partial charge in [0.25, 0.3) is 0 Å². The molecular weight excluding hydrogens is 391 g/mol. The smallest absolute Gasteiger partial charge is 0.226 e. The number of carbonyl (C=O) groups is 1. The van der Waals surface area contributed by atoms with Crippen molar-refractivity contribution < 1.29 is 14.0 Å². The Morgan fingerprint density at radius 2 is 1.97 bits per heavy atom. The number of carbonyl (C=O) groups excluding carboxylic acids is 1. The summed E-state index contributed by atoms with van der Waals surface area (Å²) >= 11 is 6.13. The Bertz CT molecular complexity index is 911. The van der Waals surface area contributed by atoms with Gasteiger partial charge in [-0.25, -0.2) is 4.39 Å². The second kappa shape index (κ2) is 8.95. The summed E-state index contributed by atoms with van der Waals surface area (Å²) in [5, 5.41) is 4.75. The van der Waals surface area contributed by atoms with E-state index in [9.17, 15) is 9.18 Å². The molecule has 0 N–H and O–H groups in total. The minimum atomic E-state index is -0.312. The lowest BCUT2D eigenvalue weighted by atomic mass is 10.0. The van der Waals surface area contributed by atoms with Crippen molar-refractivity contribution in [3.05, 3.63) is 70.5 Å². The summed E-state index contributed by atoms with van der Waals surface area (Å²) in [4.78, 5) is 20.6. The minimum absolute atomic E-state index is 0.0718. The predicted octanol–water partition coefficient (Wildman–Crippen LogP) is 5.19. The first-order chi connectivity index (χ1) is 14.1. The van der Waals surface area contributed by atoms with Crippen molar-refractivity contribution in [3.63, 3.8) is 0 Å². The molecule has 1 aliphatic heterocycles. The lowest BCUT2D eigenvalue weighted by molar-refractivity contribution is -0.137. The van der Waals surface area contributed by atoms with Gasteiger partial charge in [0, 0.05) is 29.5 Å². The van der Waals surface area contributed by atoms with E-state index in [0.717, 1.165) is 31.2 Å². The van der Waals surface area contributed by atoms with Gasteiger partial charge in [-0.3, -0.25) is 4.79 Å². The average molecular weight is 415 g/mol. The van der Waals surface area contributed by atoms with Crippen molar-refractivity contribution in [3.8, 4) is 0 Å². The highest BCUT2D eigenvalue weighted by atomic mass is 35.5.